The molecule has 0 radical (unpaired) electrons. The van der Waals surface area contributed by atoms with Crippen molar-refractivity contribution in [1.29, 1.82) is 0 Å². The summed E-state index contributed by atoms with van der Waals surface area (Å²) in [6, 6.07) is 17.3. The van der Waals surface area contributed by atoms with Gasteiger partial charge in [0, 0.05) is 21.5 Å². The molecule has 8 nitrogen and oxygen atoms in total. The fourth-order valence-electron chi connectivity index (χ4n) is 3.75. The van der Waals surface area contributed by atoms with Crippen molar-refractivity contribution in [3.63, 3.8) is 0 Å². The maximum atomic E-state index is 13.5. The van der Waals surface area contributed by atoms with Gasteiger partial charge >= 0.3 is 12.4 Å². The molecule has 3 amide bonds. The summed E-state index contributed by atoms with van der Waals surface area (Å²) < 4.78 is 68.8. The Balaban J connectivity index is 0.00000400. The van der Waals surface area contributed by atoms with Crippen LogP contribution in [-0.4, -0.2) is 39.3 Å². The predicted octanol–water partition coefficient (Wildman–Crippen LogP) is 5.04. The lowest BCUT2D eigenvalue weighted by molar-refractivity contribution is -0.274. The molecule has 0 fully saturated rings. The molecule has 0 spiro atoms. The highest BCUT2D eigenvalue weighted by molar-refractivity contribution is 7.90. The number of rotatable bonds is 9. The van der Waals surface area contributed by atoms with E-state index in [4.69, 9.17) is 0 Å². The molecule has 0 heterocycles. The second kappa shape index (κ2) is 12.0. The molecule has 0 aliphatic rings. The van der Waals surface area contributed by atoms with E-state index in [2.05, 4.69) is 10.1 Å². The van der Waals surface area contributed by atoms with E-state index < -0.39 is 40.1 Å². The van der Waals surface area contributed by atoms with Gasteiger partial charge in [0.25, 0.3) is 10.0 Å². The Morgan fingerprint density at radius 1 is 0.974 bits per heavy atom. The molecular formula is C26H30F3N3O5S. The number of halogens is 3. The summed E-state index contributed by atoms with van der Waals surface area (Å²) in [4.78, 5) is 27.5. The highest BCUT2D eigenvalue weighted by atomic mass is 32.2. The number of ether oxygens (including phenoxy) is 1. The number of carbonyl (C=O) groups excluding carboxylic acids is 2. The minimum Gasteiger partial charge on any atom is -0.406 e. The van der Waals surface area contributed by atoms with Crippen LogP contribution >= 0.6 is 0 Å². The number of anilines is 1. The number of urea groups is 1. The van der Waals surface area contributed by atoms with Crippen molar-refractivity contribution >= 4 is 27.6 Å². The normalized spacial score (nSPS) is 12.3. The fourth-order valence-corrected chi connectivity index (χ4v) is 4.92. The maximum Gasteiger partial charge on any atom is 0.573 e. The van der Waals surface area contributed by atoms with E-state index in [0.29, 0.717) is 11.1 Å². The van der Waals surface area contributed by atoms with Crippen LogP contribution in [0.1, 0.15) is 20.9 Å². The largest absolute Gasteiger partial charge is 0.573 e. The number of nitrogens with one attached hydrogen (secondary N) is 2. The maximum absolute atomic E-state index is 13.5. The molecule has 0 aliphatic heterocycles. The summed E-state index contributed by atoms with van der Waals surface area (Å²) in [6.07, 6.45) is -4.83. The van der Waals surface area contributed by atoms with E-state index in [0.717, 1.165) is 12.1 Å². The van der Waals surface area contributed by atoms with Gasteiger partial charge in [-0.05, 0) is 55.3 Å². The molecule has 0 unspecified atom stereocenters. The zero-order valence-corrected chi connectivity index (χ0v) is 21.3. The molecule has 3 aromatic rings. The Morgan fingerprint density at radius 2 is 1.58 bits per heavy atom. The number of aryl methyl sites for hydroxylation is 1. The molecule has 206 valence electrons. The van der Waals surface area contributed by atoms with Gasteiger partial charge in [0.15, 0.2) is 0 Å². The van der Waals surface area contributed by atoms with Gasteiger partial charge in [-0.15, -0.1) is 13.2 Å². The lowest BCUT2D eigenvalue weighted by atomic mass is 10.0. The van der Waals surface area contributed by atoms with E-state index in [1.807, 2.05) is 4.72 Å². The standard InChI is InChI=1S/C26H26F3N3O5S.2H2/c1-3-32(20-13-15-21(16-14-20)37-26(27,28)29)24(33)22(17-19-10-5-4-6-11-19)30-25(34)31-38(35,36)23-12-8-7-9-18(23)2;;/h4-16,22H,3,17H2,1-2H3,(H2,30,31,34);2*1H/t22-;;/m0../s1. The zero-order valence-electron chi connectivity index (χ0n) is 20.5. The summed E-state index contributed by atoms with van der Waals surface area (Å²) in [5.41, 5.74) is 1.39. The Kier molecular flexibility index (Phi) is 9.00. The van der Waals surface area contributed by atoms with Crippen molar-refractivity contribution < 1.29 is 38.8 Å². The van der Waals surface area contributed by atoms with Crippen LogP contribution in [0.15, 0.2) is 83.8 Å². The first kappa shape index (κ1) is 28.5. The molecule has 3 aromatic carbocycles. The van der Waals surface area contributed by atoms with Crippen LogP contribution in [0.4, 0.5) is 23.7 Å². The number of sulfonamides is 1. The first-order chi connectivity index (χ1) is 17.9. The van der Waals surface area contributed by atoms with Gasteiger partial charge in [-0.1, -0.05) is 48.5 Å². The van der Waals surface area contributed by atoms with Crippen LogP contribution in [0.25, 0.3) is 0 Å². The molecule has 3 rings (SSSR count). The second-order valence-corrected chi connectivity index (χ2v) is 9.86. The van der Waals surface area contributed by atoms with Crippen LogP contribution in [0, 0.1) is 6.92 Å². The van der Waals surface area contributed by atoms with Gasteiger partial charge in [0.2, 0.25) is 5.91 Å². The van der Waals surface area contributed by atoms with E-state index in [1.54, 1.807) is 56.3 Å². The average Bonchev–Trinajstić information content (AvgIpc) is 2.84. The zero-order chi connectivity index (χ0) is 27.9. The number of nitrogens with zero attached hydrogens (tertiary/aromatic N) is 1. The van der Waals surface area contributed by atoms with Crippen LogP contribution in [-0.2, 0) is 21.2 Å². The van der Waals surface area contributed by atoms with Gasteiger partial charge in [-0.2, -0.15) is 0 Å². The van der Waals surface area contributed by atoms with E-state index in [9.17, 15) is 31.2 Å². The van der Waals surface area contributed by atoms with Crippen LogP contribution in [0.5, 0.6) is 5.75 Å². The SMILES string of the molecule is CCN(C(=O)[C@H](Cc1ccccc1)NC(=O)NS(=O)(=O)c1ccccc1C)c1ccc(OC(F)(F)F)cc1.[HH].[HH]. The van der Waals surface area contributed by atoms with Crippen LogP contribution in [0.2, 0.25) is 0 Å². The summed E-state index contributed by atoms with van der Waals surface area (Å²) in [5, 5.41) is 2.44. The number of likely N-dealkylation sites (N-methyl/N-ethyl adjacent to an activating group) is 1. The monoisotopic (exact) mass is 553 g/mol. The average molecular weight is 554 g/mol. The van der Waals surface area contributed by atoms with Gasteiger partial charge in [0.1, 0.15) is 11.8 Å². The number of alkyl halides is 3. The van der Waals surface area contributed by atoms with E-state index >= 15 is 0 Å². The molecule has 1 atom stereocenters. The Labute approximate surface area is 221 Å². The Bertz CT molecular complexity index is 1380. The van der Waals surface area contributed by atoms with Crippen molar-refractivity contribution in [2.45, 2.75) is 37.6 Å². The van der Waals surface area contributed by atoms with E-state index in [1.165, 1.54) is 29.2 Å². The third-order valence-electron chi connectivity index (χ3n) is 5.46. The third-order valence-corrected chi connectivity index (χ3v) is 6.95. The molecule has 0 aliphatic carbocycles. The molecule has 0 bridgehead atoms. The number of carbonyl (C=O) groups is 2. The lowest BCUT2D eigenvalue weighted by Crippen LogP contribution is -2.53. The van der Waals surface area contributed by atoms with Crippen LogP contribution < -0.4 is 19.7 Å². The van der Waals surface area contributed by atoms with Crippen molar-refractivity contribution in [1.82, 2.24) is 10.0 Å². The lowest BCUT2D eigenvalue weighted by Gasteiger charge is -2.27. The smallest absolute Gasteiger partial charge is 0.406 e. The van der Waals surface area contributed by atoms with Gasteiger partial charge < -0.3 is 15.0 Å². The van der Waals surface area contributed by atoms with Crippen LogP contribution in [0.3, 0.4) is 0 Å². The highest BCUT2D eigenvalue weighted by Gasteiger charge is 2.32. The quantitative estimate of drug-likeness (QED) is 0.387. The molecule has 2 N–H and O–H groups in total. The Hall–Kier alpha value is -4.06. The molecule has 0 saturated heterocycles. The Morgan fingerprint density at radius 3 is 2.16 bits per heavy atom. The minimum atomic E-state index is -4.86. The number of benzene rings is 3. The van der Waals surface area contributed by atoms with Crippen molar-refractivity contribution in [3.05, 3.63) is 90.0 Å². The topological polar surface area (TPSA) is 105 Å². The van der Waals surface area contributed by atoms with E-state index in [-0.39, 0.29) is 26.4 Å². The third kappa shape index (κ3) is 7.72. The minimum absolute atomic E-state index is 0. The second-order valence-electron chi connectivity index (χ2n) is 8.21. The number of hydrogen-bond acceptors (Lipinski definition) is 5. The summed E-state index contributed by atoms with van der Waals surface area (Å²) in [6.45, 7) is 3.35. The summed E-state index contributed by atoms with van der Waals surface area (Å²) in [5.74, 6) is -1.05. The number of hydrogen-bond donors (Lipinski definition) is 2. The highest BCUT2D eigenvalue weighted by Crippen LogP contribution is 2.26. The fraction of sp³-hybridized carbons (Fsp3) is 0.231. The van der Waals surface area contributed by atoms with Gasteiger partial charge in [-0.25, -0.2) is 17.9 Å². The molecule has 12 heteroatoms. The molecular weight excluding hydrogens is 523 g/mol. The summed E-state index contributed by atoms with van der Waals surface area (Å²) >= 11 is 0. The van der Waals surface area contributed by atoms with Crippen molar-refractivity contribution in [2.24, 2.45) is 0 Å². The molecule has 0 aromatic heterocycles. The molecule has 38 heavy (non-hydrogen) atoms. The van der Waals surface area contributed by atoms with Crippen molar-refractivity contribution in [2.75, 3.05) is 11.4 Å². The van der Waals surface area contributed by atoms with Crippen molar-refractivity contribution in [3.8, 4) is 5.75 Å². The first-order valence-corrected chi connectivity index (χ1v) is 13.0. The first-order valence-electron chi connectivity index (χ1n) is 11.5. The predicted molar refractivity (Wildman–Crippen MR) is 139 cm³/mol. The summed E-state index contributed by atoms with van der Waals surface area (Å²) in [7, 11) is -4.22. The van der Waals surface area contributed by atoms with Gasteiger partial charge in [0.05, 0.1) is 4.90 Å². The van der Waals surface area contributed by atoms with Gasteiger partial charge in [-0.3, -0.25) is 4.79 Å². The number of amides is 3. The molecule has 0 saturated carbocycles.